The first-order valence-corrected chi connectivity index (χ1v) is 6.74. The van der Waals surface area contributed by atoms with Gasteiger partial charge in [-0.05, 0) is 31.7 Å². The molecule has 112 valence electrons. The molecule has 1 aliphatic heterocycles. The standard InChI is InChI=1S/C14H20F3N3/c1-3-10-9-20(7-6-19(10)2)11-4-5-13(18)12(8-11)14(15,16)17/h4-5,8,10H,3,6-7,9,18H2,1-2H3. The van der Waals surface area contributed by atoms with E-state index in [1.54, 1.807) is 6.07 Å². The van der Waals surface area contributed by atoms with Gasteiger partial charge < -0.3 is 10.6 Å². The molecule has 6 heteroatoms. The second-order valence-corrected chi connectivity index (χ2v) is 5.26. The average Bonchev–Trinajstić information content (AvgIpc) is 2.38. The third-order valence-electron chi connectivity index (χ3n) is 3.96. The maximum Gasteiger partial charge on any atom is 0.418 e. The maximum atomic E-state index is 12.9. The molecule has 1 atom stereocenters. The van der Waals surface area contributed by atoms with Crippen LogP contribution in [0, 0.1) is 0 Å². The number of alkyl halides is 3. The maximum absolute atomic E-state index is 12.9. The van der Waals surface area contributed by atoms with Crippen molar-refractivity contribution in [2.75, 3.05) is 37.3 Å². The minimum Gasteiger partial charge on any atom is -0.398 e. The van der Waals surface area contributed by atoms with Crippen LogP contribution in [0.1, 0.15) is 18.9 Å². The predicted octanol–water partition coefficient (Wildman–Crippen LogP) is 2.82. The summed E-state index contributed by atoms with van der Waals surface area (Å²) in [5, 5.41) is 0. The quantitative estimate of drug-likeness (QED) is 0.849. The molecule has 20 heavy (non-hydrogen) atoms. The highest BCUT2D eigenvalue weighted by Crippen LogP contribution is 2.36. The van der Waals surface area contributed by atoms with E-state index in [1.807, 2.05) is 4.90 Å². The molecule has 0 saturated carbocycles. The van der Waals surface area contributed by atoms with Gasteiger partial charge in [-0.25, -0.2) is 0 Å². The summed E-state index contributed by atoms with van der Waals surface area (Å²) in [6, 6.07) is 4.54. The average molecular weight is 287 g/mol. The lowest BCUT2D eigenvalue weighted by Gasteiger charge is -2.40. The lowest BCUT2D eigenvalue weighted by Crippen LogP contribution is -2.51. The highest BCUT2D eigenvalue weighted by Gasteiger charge is 2.34. The Morgan fingerprint density at radius 1 is 1.30 bits per heavy atom. The summed E-state index contributed by atoms with van der Waals surface area (Å²) in [5.41, 5.74) is 5.06. The molecule has 0 radical (unpaired) electrons. The summed E-state index contributed by atoms with van der Waals surface area (Å²) in [7, 11) is 2.05. The summed E-state index contributed by atoms with van der Waals surface area (Å²) in [6.07, 6.45) is -3.43. The highest BCUT2D eigenvalue weighted by atomic mass is 19.4. The van der Waals surface area contributed by atoms with E-state index in [9.17, 15) is 13.2 Å². The number of piperazine rings is 1. The van der Waals surface area contributed by atoms with E-state index in [2.05, 4.69) is 18.9 Å². The molecule has 0 amide bonds. The molecule has 1 saturated heterocycles. The van der Waals surface area contributed by atoms with Gasteiger partial charge in [0.1, 0.15) is 0 Å². The number of hydrogen-bond acceptors (Lipinski definition) is 3. The van der Waals surface area contributed by atoms with E-state index in [-0.39, 0.29) is 5.69 Å². The van der Waals surface area contributed by atoms with Gasteiger partial charge in [-0.2, -0.15) is 13.2 Å². The minimum atomic E-state index is -4.41. The monoisotopic (exact) mass is 287 g/mol. The number of hydrogen-bond donors (Lipinski definition) is 1. The molecule has 0 spiro atoms. The van der Waals surface area contributed by atoms with Gasteiger partial charge in [-0.15, -0.1) is 0 Å². The van der Waals surface area contributed by atoms with E-state index in [0.29, 0.717) is 11.7 Å². The van der Waals surface area contributed by atoms with Crippen LogP contribution in [0.15, 0.2) is 18.2 Å². The van der Waals surface area contributed by atoms with Crippen LogP contribution < -0.4 is 10.6 Å². The lowest BCUT2D eigenvalue weighted by atomic mass is 10.1. The Labute approximate surface area is 117 Å². The molecule has 1 unspecified atom stereocenters. The van der Waals surface area contributed by atoms with Crippen LogP contribution in [0.25, 0.3) is 0 Å². The van der Waals surface area contributed by atoms with Crippen molar-refractivity contribution in [3.8, 4) is 0 Å². The molecule has 2 rings (SSSR count). The Morgan fingerprint density at radius 2 is 2.00 bits per heavy atom. The Kier molecular flexibility index (Phi) is 4.13. The molecule has 2 N–H and O–H groups in total. The van der Waals surface area contributed by atoms with Crippen LogP contribution in [0.3, 0.4) is 0 Å². The van der Waals surface area contributed by atoms with Crippen molar-refractivity contribution in [2.24, 2.45) is 0 Å². The Bertz CT molecular complexity index is 473. The molecule has 3 nitrogen and oxygen atoms in total. The fourth-order valence-corrected chi connectivity index (χ4v) is 2.61. The van der Waals surface area contributed by atoms with Crippen LogP contribution in [0.2, 0.25) is 0 Å². The lowest BCUT2D eigenvalue weighted by molar-refractivity contribution is -0.136. The van der Waals surface area contributed by atoms with Gasteiger partial charge in [0.15, 0.2) is 0 Å². The van der Waals surface area contributed by atoms with Crippen molar-refractivity contribution in [1.82, 2.24) is 4.90 Å². The zero-order valence-corrected chi connectivity index (χ0v) is 11.7. The first-order valence-electron chi connectivity index (χ1n) is 6.74. The van der Waals surface area contributed by atoms with Gasteiger partial charge in [0, 0.05) is 37.1 Å². The number of nitrogen functional groups attached to an aromatic ring is 1. The van der Waals surface area contributed by atoms with Crippen LogP contribution in [0.4, 0.5) is 24.5 Å². The molecule has 0 bridgehead atoms. The van der Waals surface area contributed by atoms with Gasteiger partial charge in [-0.3, -0.25) is 4.90 Å². The number of anilines is 2. The first-order chi connectivity index (χ1) is 9.32. The second-order valence-electron chi connectivity index (χ2n) is 5.26. The third kappa shape index (κ3) is 3.00. The molecular formula is C14H20F3N3. The number of benzene rings is 1. The summed E-state index contributed by atoms with van der Waals surface area (Å²) < 4.78 is 38.7. The largest absolute Gasteiger partial charge is 0.418 e. The van der Waals surface area contributed by atoms with Gasteiger partial charge >= 0.3 is 6.18 Å². The molecule has 1 heterocycles. The Morgan fingerprint density at radius 3 is 2.60 bits per heavy atom. The van der Waals surface area contributed by atoms with E-state index in [4.69, 9.17) is 5.73 Å². The topological polar surface area (TPSA) is 32.5 Å². The van der Waals surface area contributed by atoms with Gasteiger partial charge in [0.25, 0.3) is 0 Å². The minimum absolute atomic E-state index is 0.220. The SMILES string of the molecule is CCC1CN(c2ccc(N)c(C(F)(F)F)c2)CCN1C. The van der Waals surface area contributed by atoms with Crippen LogP contribution in [-0.4, -0.2) is 37.6 Å². The molecule has 1 fully saturated rings. The predicted molar refractivity (Wildman–Crippen MR) is 74.8 cm³/mol. The van der Waals surface area contributed by atoms with Gasteiger partial charge in [-0.1, -0.05) is 6.92 Å². The fraction of sp³-hybridized carbons (Fsp3) is 0.571. The van der Waals surface area contributed by atoms with E-state index < -0.39 is 11.7 Å². The number of nitrogens with zero attached hydrogens (tertiary/aromatic N) is 2. The molecule has 0 aromatic heterocycles. The van der Waals surface area contributed by atoms with E-state index in [0.717, 1.165) is 32.1 Å². The van der Waals surface area contributed by atoms with Crippen LogP contribution in [-0.2, 0) is 6.18 Å². The van der Waals surface area contributed by atoms with Gasteiger partial charge in [0.2, 0.25) is 0 Å². The summed E-state index contributed by atoms with van der Waals surface area (Å²) in [4.78, 5) is 4.25. The first kappa shape index (κ1) is 15.0. The molecule has 1 aromatic carbocycles. The zero-order valence-electron chi connectivity index (χ0n) is 11.7. The number of nitrogens with two attached hydrogens (primary N) is 1. The summed E-state index contributed by atoms with van der Waals surface area (Å²) in [6.45, 7) is 4.42. The number of halogens is 3. The molecule has 1 aliphatic rings. The smallest absolute Gasteiger partial charge is 0.398 e. The third-order valence-corrected chi connectivity index (χ3v) is 3.96. The van der Waals surface area contributed by atoms with E-state index in [1.165, 1.54) is 6.07 Å². The van der Waals surface area contributed by atoms with Crippen molar-refractivity contribution in [2.45, 2.75) is 25.6 Å². The molecular weight excluding hydrogens is 267 g/mol. The zero-order chi connectivity index (χ0) is 14.9. The second kappa shape index (κ2) is 5.52. The molecule has 1 aromatic rings. The van der Waals surface area contributed by atoms with Crippen molar-refractivity contribution >= 4 is 11.4 Å². The highest BCUT2D eigenvalue weighted by molar-refractivity contribution is 5.59. The van der Waals surface area contributed by atoms with Crippen molar-refractivity contribution in [3.63, 3.8) is 0 Å². The fourth-order valence-electron chi connectivity index (χ4n) is 2.61. The van der Waals surface area contributed by atoms with Crippen molar-refractivity contribution < 1.29 is 13.2 Å². The number of likely N-dealkylation sites (N-methyl/N-ethyl adjacent to an activating group) is 1. The number of rotatable bonds is 2. The summed E-state index contributed by atoms with van der Waals surface area (Å²) in [5.74, 6) is 0. The van der Waals surface area contributed by atoms with Crippen LogP contribution in [0.5, 0.6) is 0 Å². The molecule has 0 aliphatic carbocycles. The van der Waals surface area contributed by atoms with Crippen LogP contribution >= 0.6 is 0 Å². The van der Waals surface area contributed by atoms with Gasteiger partial charge in [0.05, 0.1) is 5.56 Å². The van der Waals surface area contributed by atoms with Crippen molar-refractivity contribution in [3.05, 3.63) is 23.8 Å². The van der Waals surface area contributed by atoms with Crippen molar-refractivity contribution in [1.29, 1.82) is 0 Å². The van der Waals surface area contributed by atoms with E-state index >= 15 is 0 Å². The summed E-state index contributed by atoms with van der Waals surface area (Å²) >= 11 is 0. The Balaban J connectivity index is 2.25. The Hall–Kier alpha value is -1.43. The normalized spacial score (nSPS) is 21.2.